The third kappa shape index (κ3) is 3.10. The molecule has 1 aromatic carbocycles. The maximum atomic E-state index is 9.21. The SMILES string of the molecule is CC1(C)CC(Nc2ccc(Br)cc2C#N)C(C)(C)O1. The lowest BCUT2D eigenvalue weighted by Crippen LogP contribution is -2.38. The van der Waals surface area contributed by atoms with Crippen LogP contribution >= 0.6 is 15.9 Å². The number of nitrogens with one attached hydrogen (secondary N) is 1. The third-order valence-electron chi connectivity index (χ3n) is 3.51. The normalized spacial score (nSPS) is 23.9. The van der Waals surface area contributed by atoms with E-state index in [1.807, 2.05) is 18.2 Å². The number of hydrogen-bond donors (Lipinski definition) is 1. The van der Waals surface area contributed by atoms with Crippen molar-refractivity contribution in [3.63, 3.8) is 0 Å². The van der Waals surface area contributed by atoms with Crippen molar-refractivity contribution in [2.75, 3.05) is 5.32 Å². The van der Waals surface area contributed by atoms with Crippen LogP contribution in [0.3, 0.4) is 0 Å². The Morgan fingerprint density at radius 2 is 2.05 bits per heavy atom. The fourth-order valence-corrected chi connectivity index (χ4v) is 3.07. The van der Waals surface area contributed by atoms with E-state index in [0.717, 1.165) is 16.6 Å². The molecule has 0 radical (unpaired) electrons. The average molecular weight is 323 g/mol. The molecule has 1 saturated heterocycles. The first-order chi connectivity index (χ1) is 8.73. The van der Waals surface area contributed by atoms with Crippen molar-refractivity contribution in [3.05, 3.63) is 28.2 Å². The Balaban J connectivity index is 2.25. The molecule has 1 N–H and O–H groups in total. The van der Waals surface area contributed by atoms with Gasteiger partial charge in [-0.1, -0.05) is 15.9 Å². The highest BCUT2D eigenvalue weighted by Gasteiger charge is 2.45. The zero-order chi connectivity index (χ0) is 14.3. The Morgan fingerprint density at radius 1 is 1.37 bits per heavy atom. The fraction of sp³-hybridized carbons (Fsp3) is 0.533. The van der Waals surface area contributed by atoms with Crippen LogP contribution in [0.1, 0.15) is 39.7 Å². The average Bonchev–Trinajstić information content (AvgIpc) is 2.49. The van der Waals surface area contributed by atoms with E-state index in [1.165, 1.54) is 0 Å². The molecule has 0 amide bonds. The standard InChI is InChI=1S/C15H19BrN2O/c1-14(2)8-13(15(3,4)19-14)18-12-6-5-11(16)7-10(12)9-17/h5-7,13,18H,8H2,1-4H3. The number of nitrogens with zero attached hydrogens (tertiary/aromatic N) is 1. The summed E-state index contributed by atoms with van der Waals surface area (Å²) in [7, 11) is 0. The molecule has 1 unspecified atom stereocenters. The van der Waals surface area contributed by atoms with E-state index in [2.05, 4.69) is 55.0 Å². The molecule has 1 aliphatic heterocycles. The number of nitriles is 1. The second-order valence-corrected chi connectivity index (χ2v) is 7.08. The molecule has 0 spiro atoms. The maximum Gasteiger partial charge on any atom is 0.101 e. The quantitative estimate of drug-likeness (QED) is 0.892. The van der Waals surface area contributed by atoms with Crippen LogP contribution in [-0.2, 0) is 4.74 Å². The van der Waals surface area contributed by atoms with Crippen LogP contribution in [0.4, 0.5) is 5.69 Å². The molecule has 2 rings (SSSR count). The molecule has 19 heavy (non-hydrogen) atoms. The third-order valence-corrected chi connectivity index (χ3v) is 4.00. The summed E-state index contributed by atoms with van der Waals surface area (Å²) in [5, 5.41) is 12.7. The van der Waals surface area contributed by atoms with Gasteiger partial charge in [-0.05, 0) is 52.3 Å². The van der Waals surface area contributed by atoms with Crippen molar-refractivity contribution in [2.45, 2.75) is 51.4 Å². The summed E-state index contributed by atoms with van der Waals surface area (Å²) in [4.78, 5) is 0. The Kier molecular flexibility index (Phi) is 3.63. The van der Waals surface area contributed by atoms with Gasteiger partial charge in [0.25, 0.3) is 0 Å². The lowest BCUT2D eigenvalue weighted by Gasteiger charge is -2.28. The Morgan fingerprint density at radius 3 is 2.58 bits per heavy atom. The summed E-state index contributed by atoms with van der Waals surface area (Å²) in [6.07, 6.45) is 0.918. The first-order valence-corrected chi connectivity index (χ1v) is 7.19. The molecule has 3 nitrogen and oxygen atoms in total. The van der Waals surface area contributed by atoms with Crippen LogP contribution in [0.5, 0.6) is 0 Å². The van der Waals surface area contributed by atoms with Gasteiger partial charge in [0, 0.05) is 4.47 Å². The summed E-state index contributed by atoms with van der Waals surface area (Å²) in [5.74, 6) is 0. The summed E-state index contributed by atoms with van der Waals surface area (Å²) in [6.45, 7) is 8.38. The summed E-state index contributed by atoms with van der Waals surface area (Å²) < 4.78 is 6.98. The Labute approximate surface area is 123 Å². The van der Waals surface area contributed by atoms with Gasteiger partial charge in [0.2, 0.25) is 0 Å². The number of hydrogen-bond acceptors (Lipinski definition) is 3. The summed E-state index contributed by atoms with van der Waals surface area (Å²) in [6, 6.07) is 8.12. The van der Waals surface area contributed by atoms with E-state index in [0.29, 0.717) is 5.56 Å². The highest BCUT2D eigenvalue weighted by Crippen LogP contribution is 2.39. The van der Waals surface area contributed by atoms with Crippen molar-refractivity contribution >= 4 is 21.6 Å². The van der Waals surface area contributed by atoms with Gasteiger partial charge in [-0.15, -0.1) is 0 Å². The lowest BCUT2D eigenvalue weighted by molar-refractivity contribution is -0.0662. The van der Waals surface area contributed by atoms with Gasteiger partial charge in [-0.3, -0.25) is 0 Å². The molecule has 0 saturated carbocycles. The van der Waals surface area contributed by atoms with Gasteiger partial charge in [0.15, 0.2) is 0 Å². The number of ether oxygens (including phenoxy) is 1. The molecule has 0 aliphatic carbocycles. The van der Waals surface area contributed by atoms with Gasteiger partial charge in [-0.25, -0.2) is 0 Å². The predicted octanol–water partition coefficient (Wildman–Crippen LogP) is 4.08. The van der Waals surface area contributed by atoms with E-state index < -0.39 is 0 Å². The molecule has 102 valence electrons. The highest BCUT2D eigenvalue weighted by atomic mass is 79.9. The highest BCUT2D eigenvalue weighted by molar-refractivity contribution is 9.10. The monoisotopic (exact) mass is 322 g/mol. The summed E-state index contributed by atoms with van der Waals surface area (Å²) in [5.41, 5.74) is 1.13. The minimum absolute atomic E-state index is 0.136. The van der Waals surface area contributed by atoms with Gasteiger partial charge >= 0.3 is 0 Å². The van der Waals surface area contributed by atoms with Crippen molar-refractivity contribution < 1.29 is 4.74 Å². The van der Waals surface area contributed by atoms with E-state index in [1.54, 1.807) is 0 Å². The Bertz CT molecular complexity index is 531. The van der Waals surface area contributed by atoms with Crippen LogP contribution in [0, 0.1) is 11.3 Å². The molecule has 1 atom stereocenters. The number of anilines is 1. The topological polar surface area (TPSA) is 45.0 Å². The van der Waals surface area contributed by atoms with Crippen molar-refractivity contribution in [1.82, 2.24) is 0 Å². The first kappa shape index (κ1) is 14.4. The van der Waals surface area contributed by atoms with Crippen LogP contribution in [-0.4, -0.2) is 17.2 Å². The van der Waals surface area contributed by atoms with Crippen LogP contribution < -0.4 is 5.32 Å². The van der Waals surface area contributed by atoms with E-state index in [4.69, 9.17) is 4.74 Å². The molecule has 1 heterocycles. The van der Waals surface area contributed by atoms with E-state index in [9.17, 15) is 5.26 Å². The second-order valence-electron chi connectivity index (χ2n) is 6.17. The van der Waals surface area contributed by atoms with Gasteiger partial charge in [0.05, 0.1) is 28.5 Å². The molecule has 4 heteroatoms. The van der Waals surface area contributed by atoms with E-state index in [-0.39, 0.29) is 17.2 Å². The maximum absolute atomic E-state index is 9.21. The zero-order valence-corrected chi connectivity index (χ0v) is 13.3. The van der Waals surface area contributed by atoms with Gasteiger partial charge in [0.1, 0.15) is 6.07 Å². The van der Waals surface area contributed by atoms with Gasteiger partial charge in [-0.2, -0.15) is 5.26 Å². The molecule has 0 aromatic heterocycles. The fourth-order valence-electron chi connectivity index (χ4n) is 2.71. The van der Waals surface area contributed by atoms with Crippen molar-refractivity contribution in [3.8, 4) is 6.07 Å². The molecular formula is C15H19BrN2O. The van der Waals surface area contributed by atoms with Crippen molar-refractivity contribution in [1.29, 1.82) is 5.26 Å². The minimum atomic E-state index is -0.247. The smallest absolute Gasteiger partial charge is 0.101 e. The molecule has 1 aliphatic rings. The summed E-state index contributed by atoms with van der Waals surface area (Å²) >= 11 is 3.39. The Hall–Kier alpha value is -1.05. The largest absolute Gasteiger partial charge is 0.378 e. The number of rotatable bonds is 2. The molecular weight excluding hydrogens is 304 g/mol. The van der Waals surface area contributed by atoms with Crippen LogP contribution in [0.25, 0.3) is 0 Å². The minimum Gasteiger partial charge on any atom is -0.378 e. The zero-order valence-electron chi connectivity index (χ0n) is 11.7. The van der Waals surface area contributed by atoms with E-state index >= 15 is 0 Å². The van der Waals surface area contributed by atoms with Crippen LogP contribution in [0.2, 0.25) is 0 Å². The molecule has 0 bridgehead atoms. The van der Waals surface area contributed by atoms with Gasteiger partial charge < -0.3 is 10.1 Å². The predicted molar refractivity (Wildman–Crippen MR) is 80.1 cm³/mol. The van der Waals surface area contributed by atoms with Crippen molar-refractivity contribution in [2.24, 2.45) is 0 Å². The molecule has 1 aromatic rings. The first-order valence-electron chi connectivity index (χ1n) is 6.40. The lowest BCUT2D eigenvalue weighted by atomic mass is 9.94. The number of halogens is 1. The molecule has 1 fully saturated rings. The second kappa shape index (κ2) is 4.81. The number of benzene rings is 1. The van der Waals surface area contributed by atoms with Crippen LogP contribution in [0.15, 0.2) is 22.7 Å².